The molecule has 1 aliphatic carbocycles. The van der Waals surface area contributed by atoms with Gasteiger partial charge in [0.1, 0.15) is 6.10 Å². The van der Waals surface area contributed by atoms with Gasteiger partial charge in [-0.2, -0.15) is 5.10 Å². The minimum absolute atomic E-state index is 0.104. The molecule has 0 amide bonds. The Morgan fingerprint density at radius 2 is 2.40 bits per heavy atom. The molecule has 2 atom stereocenters. The van der Waals surface area contributed by atoms with Crippen molar-refractivity contribution in [2.75, 3.05) is 0 Å². The molecule has 0 saturated heterocycles. The molecule has 1 fully saturated rings. The number of nitrogens with zero attached hydrogens (tertiary/aromatic N) is 2. The molecule has 0 N–H and O–H groups in total. The van der Waals surface area contributed by atoms with E-state index in [1.165, 1.54) is 0 Å². The average Bonchev–Trinajstić information content (AvgIpc) is 2.75. The van der Waals surface area contributed by atoms with Gasteiger partial charge in [0.25, 0.3) is 0 Å². The number of hydrogen-bond donors (Lipinski definition) is 0. The summed E-state index contributed by atoms with van der Waals surface area (Å²) in [5, 5.41) is 3.94. The van der Waals surface area contributed by atoms with E-state index in [2.05, 4.69) is 12.0 Å². The standard InChI is InChI=1S/C11H16N2O2/c1-8-3-4-10(5-8)15-11(14)9-6-12-13(2)7-9/h6-8,10H,3-5H2,1-2H3/t8-,10-/m0/s1. The lowest BCUT2D eigenvalue weighted by molar-refractivity contribution is 0.0311. The molecule has 0 aliphatic heterocycles. The van der Waals surface area contributed by atoms with Crippen molar-refractivity contribution in [2.45, 2.75) is 32.3 Å². The summed E-state index contributed by atoms with van der Waals surface area (Å²) in [4.78, 5) is 11.6. The molecule has 1 aliphatic rings. The van der Waals surface area contributed by atoms with Crippen LogP contribution in [0.1, 0.15) is 36.5 Å². The Balaban J connectivity index is 1.92. The van der Waals surface area contributed by atoms with E-state index < -0.39 is 0 Å². The monoisotopic (exact) mass is 208 g/mol. The third-order valence-corrected chi connectivity index (χ3v) is 2.86. The SMILES string of the molecule is C[C@H]1CC[C@H](OC(=O)c2cnn(C)c2)C1. The van der Waals surface area contributed by atoms with Gasteiger partial charge in [-0.1, -0.05) is 6.92 Å². The molecule has 4 heteroatoms. The molecular formula is C11H16N2O2. The Labute approximate surface area is 89.2 Å². The van der Waals surface area contributed by atoms with E-state index in [9.17, 15) is 4.79 Å². The largest absolute Gasteiger partial charge is 0.459 e. The second-order valence-electron chi connectivity index (χ2n) is 4.35. The van der Waals surface area contributed by atoms with Gasteiger partial charge in [-0.15, -0.1) is 0 Å². The van der Waals surface area contributed by atoms with E-state index in [4.69, 9.17) is 4.74 Å². The lowest BCUT2D eigenvalue weighted by atomic mass is 10.1. The number of hydrogen-bond acceptors (Lipinski definition) is 3. The van der Waals surface area contributed by atoms with E-state index in [-0.39, 0.29) is 12.1 Å². The first kappa shape index (κ1) is 10.2. The first-order valence-electron chi connectivity index (χ1n) is 5.35. The smallest absolute Gasteiger partial charge is 0.341 e. The summed E-state index contributed by atoms with van der Waals surface area (Å²) in [6, 6.07) is 0. The van der Waals surface area contributed by atoms with Crippen LogP contribution in [0, 0.1) is 5.92 Å². The summed E-state index contributed by atoms with van der Waals surface area (Å²) >= 11 is 0. The molecule has 4 nitrogen and oxygen atoms in total. The van der Waals surface area contributed by atoms with Crippen LogP contribution in [-0.4, -0.2) is 21.9 Å². The third-order valence-electron chi connectivity index (χ3n) is 2.86. The van der Waals surface area contributed by atoms with Gasteiger partial charge in [-0.05, 0) is 25.2 Å². The Kier molecular flexibility index (Phi) is 2.75. The maximum absolute atomic E-state index is 11.6. The number of ether oxygens (including phenoxy) is 1. The van der Waals surface area contributed by atoms with Crippen LogP contribution in [0.25, 0.3) is 0 Å². The molecule has 1 aromatic rings. The molecule has 1 aromatic heterocycles. The number of rotatable bonds is 2. The predicted molar refractivity (Wildman–Crippen MR) is 55.4 cm³/mol. The van der Waals surface area contributed by atoms with Crippen molar-refractivity contribution in [2.24, 2.45) is 13.0 Å². The molecule has 82 valence electrons. The number of carbonyl (C=O) groups is 1. The van der Waals surface area contributed by atoms with Crippen LogP contribution in [0.3, 0.4) is 0 Å². The van der Waals surface area contributed by atoms with Crippen LogP contribution >= 0.6 is 0 Å². The third kappa shape index (κ3) is 2.37. The molecule has 2 rings (SSSR count). The van der Waals surface area contributed by atoms with Crippen molar-refractivity contribution >= 4 is 5.97 Å². The molecular weight excluding hydrogens is 192 g/mol. The fourth-order valence-electron chi connectivity index (χ4n) is 2.01. The van der Waals surface area contributed by atoms with Crippen molar-refractivity contribution in [3.8, 4) is 0 Å². The second kappa shape index (κ2) is 4.04. The van der Waals surface area contributed by atoms with Gasteiger partial charge in [-0.25, -0.2) is 4.79 Å². The van der Waals surface area contributed by atoms with Crippen LogP contribution in [0.2, 0.25) is 0 Å². The van der Waals surface area contributed by atoms with Gasteiger partial charge in [0.05, 0.1) is 11.8 Å². The Hall–Kier alpha value is -1.32. The van der Waals surface area contributed by atoms with Crippen LogP contribution in [0.15, 0.2) is 12.4 Å². The van der Waals surface area contributed by atoms with Crippen LogP contribution in [0.5, 0.6) is 0 Å². The zero-order valence-electron chi connectivity index (χ0n) is 9.14. The number of aromatic nitrogens is 2. The minimum Gasteiger partial charge on any atom is -0.459 e. The van der Waals surface area contributed by atoms with Crippen molar-refractivity contribution in [1.82, 2.24) is 9.78 Å². The van der Waals surface area contributed by atoms with Crippen molar-refractivity contribution in [3.63, 3.8) is 0 Å². The fourth-order valence-corrected chi connectivity index (χ4v) is 2.01. The highest BCUT2D eigenvalue weighted by atomic mass is 16.5. The van der Waals surface area contributed by atoms with E-state index in [0.29, 0.717) is 11.5 Å². The maximum Gasteiger partial charge on any atom is 0.341 e. The highest BCUT2D eigenvalue weighted by Gasteiger charge is 2.25. The molecule has 0 radical (unpaired) electrons. The zero-order chi connectivity index (χ0) is 10.8. The summed E-state index contributed by atoms with van der Waals surface area (Å²) in [6.07, 6.45) is 6.47. The normalized spacial score (nSPS) is 25.5. The van der Waals surface area contributed by atoms with Crippen LogP contribution in [-0.2, 0) is 11.8 Å². The van der Waals surface area contributed by atoms with E-state index in [1.54, 1.807) is 24.1 Å². The van der Waals surface area contributed by atoms with Crippen molar-refractivity contribution in [3.05, 3.63) is 18.0 Å². The van der Waals surface area contributed by atoms with Crippen LogP contribution < -0.4 is 0 Å². The number of esters is 1. The van der Waals surface area contributed by atoms with Gasteiger partial charge in [0.15, 0.2) is 0 Å². The summed E-state index contributed by atoms with van der Waals surface area (Å²) in [5.41, 5.74) is 0.539. The Morgan fingerprint density at radius 1 is 1.60 bits per heavy atom. The first-order chi connectivity index (χ1) is 7.15. The quantitative estimate of drug-likeness (QED) is 0.696. The highest BCUT2D eigenvalue weighted by molar-refractivity contribution is 5.88. The lowest BCUT2D eigenvalue weighted by Gasteiger charge is -2.10. The van der Waals surface area contributed by atoms with E-state index >= 15 is 0 Å². The molecule has 0 unspecified atom stereocenters. The average molecular weight is 208 g/mol. The number of carbonyl (C=O) groups excluding carboxylic acids is 1. The molecule has 0 spiro atoms. The molecule has 1 saturated carbocycles. The maximum atomic E-state index is 11.6. The highest BCUT2D eigenvalue weighted by Crippen LogP contribution is 2.27. The summed E-state index contributed by atoms with van der Waals surface area (Å²) in [6.45, 7) is 2.19. The van der Waals surface area contributed by atoms with Crippen LogP contribution in [0.4, 0.5) is 0 Å². The topological polar surface area (TPSA) is 44.1 Å². The van der Waals surface area contributed by atoms with Gasteiger partial charge in [0.2, 0.25) is 0 Å². The molecule has 1 heterocycles. The van der Waals surface area contributed by atoms with E-state index in [1.807, 2.05) is 0 Å². The Bertz CT molecular complexity index is 359. The van der Waals surface area contributed by atoms with Gasteiger partial charge in [0, 0.05) is 13.2 Å². The first-order valence-corrected chi connectivity index (χ1v) is 5.35. The van der Waals surface area contributed by atoms with Gasteiger partial charge < -0.3 is 4.74 Å². The van der Waals surface area contributed by atoms with Crippen molar-refractivity contribution in [1.29, 1.82) is 0 Å². The molecule has 0 bridgehead atoms. The second-order valence-corrected chi connectivity index (χ2v) is 4.35. The number of aryl methyl sites for hydroxylation is 1. The fraction of sp³-hybridized carbons (Fsp3) is 0.636. The van der Waals surface area contributed by atoms with E-state index in [0.717, 1.165) is 19.3 Å². The molecule has 15 heavy (non-hydrogen) atoms. The summed E-state index contributed by atoms with van der Waals surface area (Å²) < 4.78 is 6.99. The summed E-state index contributed by atoms with van der Waals surface area (Å²) in [7, 11) is 1.79. The van der Waals surface area contributed by atoms with Crippen molar-refractivity contribution < 1.29 is 9.53 Å². The Morgan fingerprint density at radius 3 is 2.93 bits per heavy atom. The van der Waals surface area contributed by atoms with Gasteiger partial charge in [-0.3, -0.25) is 4.68 Å². The predicted octanol–water partition coefficient (Wildman–Crippen LogP) is 1.77. The molecule has 0 aromatic carbocycles. The minimum atomic E-state index is -0.248. The zero-order valence-corrected chi connectivity index (χ0v) is 9.14. The van der Waals surface area contributed by atoms with Gasteiger partial charge >= 0.3 is 5.97 Å². The lowest BCUT2D eigenvalue weighted by Crippen LogP contribution is -2.14. The summed E-state index contributed by atoms with van der Waals surface area (Å²) in [5.74, 6) is 0.430.